The number of hydrogen-bond acceptors (Lipinski definition) is 2. The maximum atomic E-state index is 12.9. The van der Waals surface area contributed by atoms with Gasteiger partial charge >= 0.3 is 0 Å². The van der Waals surface area contributed by atoms with Crippen molar-refractivity contribution < 1.29 is 4.79 Å². The fourth-order valence-electron chi connectivity index (χ4n) is 2.50. The molecule has 2 aromatic heterocycles. The molecule has 0 radical (unpaired) electrons. The molecule has 0 saturated heterocycles. The van der Waals surface area contributed by atoms with Crippen LogP contribution in [0.4, 0.5) is 5.69 Å². The van der Waals surface area contributed by atoms with Crippen molar-refractivity contribution in [1.29, 1.82) is 0 Å². The van der Waals surface area contributed by atoms with Gasteiger partial charge in [0.05, 0.1) is 0 Å². The van der Waals surface area contributed by atoms with Crippen LogP contribution in [0.25, 0.3) is 5.65 Å². The molecule has 1 amide bonds. The minimum absolute atomic E-state index is 0.0216. The van der Waals surface area contributed by atoms with Crippen molar-refractivity contribution in [3.63, 3.8) is 0 Å². The number of anilines is 1. The van der Waals surface area contributed by atoms with Crippen LogP contribution in [-0.2, 0) is 0 Å². The lowest BCUT2D eigenvalue weighted by atomic mass is 10.2. The first kappa shape index (κ1) is 13.4. The molecular formula is C17H17N3O. The van der Waals surface area contributed by atoms with Gasteiger partial charge in [0.1, 0.15) is 11.3 Å². The molecule has 3 rings (SSSR count). The Morgan fingerprint density at radius 2 is 2.05 bits per heavy atom. The van der Waals surface area contributed by atoms with Crippen LogP contribution < -0.4 is 4.90 Å². The van der Waals surface area contributed by atoms with Gasteiger partial charge < -0.3 is 4.90 Å². The summed E-state index contributed by atoms with van der Waals surface area (Å²) in [5.74, 6) is -0.0216. The zero-order chi connectivity index (χ0) is 14.8. The van der Waals surface area contributed by atoms with Crippen LogP contribution in [0.3, 0.4) is 0 Å². The van der Waals surface area contributed by atoms with Crippen molar-refractivity contribution in [3.05, 3.63) is 66.1 Å². The predicted octanol–water partition coefficient (Wildman–Crippen LogP) is 3.31. The largest absolute Gasteiger partial charge is 0.307 e. The first-order valence-electron chi connectivity index (χ1n) is 7.01. The van der Waals surface area contributed by atoms with Gasteiger partial charge in [-0.25, -0.2) is 4.98 Å². The van der Waals surface area contributed by atoms with E-state index < -0.39 is 0 Å². The van der Waals surface area contributed by atoms with Crippen molar-refractivity contribution in [3.8, 4) is 0 Å². The van der Waals surface area contributed by atoms with E-state index in [9.17, 15) is 4.79 Å². The zero-order valence-electron chi connectivity index (χ0n) is 12.2. The average molecular weight is 279 g/mol. The van der Waals surface area contributed by atoms with Gasteiger partial charge in [0, 0.05) is 24.6 Å². The SMILES string of the molecule is CCN(C(=O)c1cccc2nccn12)c1cccc(C)c1. The molecule has 0 bridgehead atoms. The Morgan fingerprint density at radius 1 is 1.24 bits per heavy atom. The number of benzene rings is 1. The van der Waals surface area contributed by atoms with Gasteiger partial charge in [0.25, 0.3) is 5.91 Å². The molecule has 1 aromatic carbocycles. The van der Waals surface area contributed by atoms with E-state index in [1.807, 2.05) is 66.9 Å². The number of rotatable bonds is 3. The van der Waals surface area contributed by atoms with Crippen LogP contribution in [0.15, 0.2) is 54.9 Å². The molecule has 3 aromatic rings. The number of carbonyl (C=O) groups excluding carboxylic acids is 1. The average Bonchev–Trinajstić information content (AvgIpc) is 2.96. The van der Waals surface area contributed by atoms with E-state index in [1.165, 1.54) is 0 Å². The maximum absolute atomic E-state index is 12.9. The molecule has 0 spiro atoms. The Hall–Kier alpha value is -2.62. The van der Waals surface area contributed by atoms with E-state index in [1.54, 1.807) is 11.1 Å². The van der Waals surface area contributed by atoms with Gasteiger partial charge in [-0.2, -0.15) is 0 Å². The van der Waals surface area contributed by atoms with Crippen LogP contribution in [0.2, 0.25) is 0 Å². The standard InChI is InChI=1S/C17H17N3O/c1-3-19(14-7-4-6-13(2)12-14)17(21)15-8-5-9-16-18-10-11-20(15)16/h4-12H,3H2,1-2H3. The number of aryl methyl sites for hydroxylation is 1. The Kier molecular flexibility index (Phi) is 3.44. The third-order valence-electron chi connectivity index (χ3n) is 3.52. The van der Waals surface area contributed by atoms with Gasteiger partial charge in [-0.05, 0) is 43.7 Å². The van der Waals surface area contributed by atoms with Gasteiger partial charge in [0.2, 0.25) is 0 Å². The highest BCUT2D eigenvalue weighted by atomic mass is 16.2. The summed E-state index contributed by atoms with van der Waals surface area (Å²) in [7, 11) is 0. The smallest absolute Gasteiger partial charge is 0.275 e. The number of hydrogen-bond donors (Lipinski definition) is 0. The number of amides is 1. The molecule has 0 aliphatic carbocycles. The normalized spacial score (nSPS) is 10.8. The number of aromatic nitrogens is 2. The summed E-state index contributed by atoms with van der Waals surface area (Å²) in [5, 5.41) is 0. The third-order valence-corrected chi connectivity index (χ3v) is 3.52. The topological polar surface area (TPSA) is 37.6 Å². The second kappa shape index (κ2) is 5.40. The quantitative estimate of drug-likeness (QED) is 0.737. The molecule has 2 heterocycles. The fourth-order valence-corrected chi connectivity index (χ4v) is 2.50. The number of nitrogens with zero attached hydrogens (tertiary/aromatic N) is 3. The minimum Gasteiger partial charge on any atom is -0.307 e. The molecule has 0 N–H and O–H groups in total. The Morgan fingerprint density at radius 3 is 2.81 bits per heavy atom. The van der Waals surface area contributed by atoms with Crippen molar-refractivity contribution in [2.45, 2.75) is 13.8 Å². The summed E-state index contributed by atoms with van der Waals surface area (Å²) >= 11 is 0. The van der Waals surface area contributed by atoms with Gasteiger partial charge in [-0.15, -0.1) is 0 Å². The van der Waals surface area contributed by atoms with E-state index in [0.29, 0.717) is 12.2 Å². The first-order chi connectivity index (χ1) is 10.2. The fraction of sp³-hybridized carbons (Fsp3) is 0.176. The molecule has 4 heteroatoms. The Labute approximate surface area is 123 Å². The van der Waals surface area contributed by atoms with E-state index in [4.69, 9.17) is 0 Å². The van der Waals surface area contributed by atoms with E-state index in [2.05, 4.69) is 4.98 Å². The molecule has 4 nitrogen and oxygen atoms in total. The molecule has 0 saturated carbocycles. The third kappa shape index (κ3) is 2.40. The number of fused-ring (bicyclic) bond motifs is 1. The number of imidazole rings is 1. The summed E-state index contributed by atoms with van der Waals surface area (Å²) in [4.78, 5) is 18.9. The number of pyridine rings is 1. The van der Waals surface area contributed by atoms with E-state index in [-0.39, 0.29) is 5.91 Å². The summed E-state index contributed by atoms with van der Waals surface area (Å²) in [5.41, 5.74) is 3.45. The van der Waals surface area contributed by atoms with Crippen LogP contribution in [0.5, 0.6) is 0 Å². The summed E-state index contributed by atoms with van der Waals surface area (Å²) in [6.45, 7) is 4.63. The van der Waals surface area contributed by atoms with Crippen LogP contribution in [0, 0.1) is 6.92 Å². The predicted molar refractivity (Wildman–Crippen MR) is 83.7 cm³/mol. The molecular weight excluding hydrogens is 262 g/mol. The second-order valence-corrected chi connectivity index (χ2v) is 4.95. The molecule has 0 unspecified atom stereocenters. The summed E-state index contributed by atoms with van der Waals surface area (Å²) in [6.07, 6.45) is 3.52. The lowest BCUT2D eigenvalue weighted by Gasteiger charge is -2.22. The van der Waals surface area contributed by atoms with Gasteiger partial charge in [-0.1, -0.05) is 18.2 Å². The summed E-state index contributed by atoms with van der Waals surface area (Å²) in [6, 6.07) is 13.6. The monoisotopic (exact) mass is 279 g/mol. The van der Waals surface area contributed by atoms with Crippen molar-refractivity contribution in [1.82, 2.24) is 9.38 Å². The van der Waals surface area contributed by atoms with E-state index >= 15 is 0 Å². The first-order valence-corrected chi connectivity index (χ1v) is 7.01. The number of carbonyl (C=O) groups is 1. The van der Waals surface area contributed by atoms with Gasteiger partial charge in [0.15, 0.2) is 0 Å². The highest BCUT2D eigenvalue weighted by Crippen LogP contribution is 2.19. The zero-order valence-corrected chi connectivity index (χ0v) is 12.2. The maximum Gasteiger partial charge on any atom is 0.275 e. The van der Waals surface area contributed by atoms with Crippen LogP contribution >= 0.6 is 0 Å². The van der Waals surface area contributed by atoms with E-state index in [0.717, 1.165) is 16.9 Å². The molecule has 0 aliphatic rings. The lowest BCUT2D eigenvalue weighted by molar-refractivity contribution is 0.0982. The minimum atomic E-state index is -0.0216. The highest BCUT2D eigenvalue weighted by molar-refractivity contribution is 6.05. The van der Waals surface area contributed by atoms with Crippen LogP contribution in [0.1, 0.15) is 23.0 Å². The molecule has 106 valence electrons. The van der Waals surface area contributed by atoms with Gasteiger partial charge in [-0.3, -0.25) is 9.20 Å². The summed E-state index contributed by atoms with van der Waals surface area (Å²) < 4.78 is 1.82. The Balaban J connectivity index is 2.05. The molecule has 0 fully saturated rings. The molecule has 0 aliphatic heterocycles. The lowest BCUT2D eigenvalue weighted by Crippen LogP contribution is -2.32. The molecule has 21 heavy (non-hydrogen) atoms. The Bertz CT molecular complexity index is 791. The highest BCUT2D eigenvalue weighted by Gasteiger charge is 2.18. The van der Waals surface area contributed by atoms with Crippen molar-refractivity contribution in [2.24, 2.45) is 0 Å². The second-order valence-electron chi connectivity index (χ2n) is 4.95. The van der Waals surface area contributed by atoms with Crippen LogP contribution in [-0.4, -0.2) is 21.8 Å². The molecule has 0 atom stereocenters. The van der Waals surface area contributed by atoms with Crippen molar-refractivity contribution >= 4 is 17.2 Å². The van der Waals surface area contributed by atoms with Crippen molar-refractivity contribution in [2.75, 3.05) is 11.4 Å².